The van der Waals surface area contributed by atoms with Crippen molar-refractivity contribution < 1.29 is 23.1 Å². The number of rotatable bonds is 6. The van der Waals surface area contributed by atoms with Gasteiger partial charge in [0, 0.05) is 44.0 Å². The highest BCUT2D eigenvalue weighted by Gasteiger charge is 2.38. The summed E-state index contributed by atoms with van der Waals surface area (Å²) < 4.78 is 34.1. The minimum atomic E-state index is -0.714. The lowest BCUT2D eigenvalue weighted by Gasteiger charge is -2.33. The van der Waals surface area contributed by atoms with Gasteiger partial charge >= 0.3 is 6.09 Å². The van der Waals surface area contributed by atoms with Gasteiger partial charge in [0.2, 0.25) is 5.95 Å². The number of halogens is 2. The molecule has 0 saturated carbocycles. The van der Waals surface area contributed by atoms with Crippen LogP contribution in [0, 0.1) is 11.6 Å². The van der Waals surface area contributed by atoms with Crippen LogP contribution in [-0.2, 0) is 4.74 Å². The largest absolute Gasteiger partial charge is 0.444 e. The minimum absolute atomic E-state index is 0.114. The highest BCUT2D eigenvalue weighted by atomic mass is 19.1. The molecule has 206 valence electrons. The molecule has 2 aliphatic rings. The highest BCUT2D eigenvalue weighted by Crippen LogP contribution is 2.32. The fraction of sp³-hybridized carbons (Fsp3) is 0.556. The van der Waals surface area contributed by atoms with E-state index in [1.165, 1.54) is 12.4 Å². The molecule has 1 aromatic heterocycles. The Morgan fingerprint density at radius 2 is 1.84 bits per heavy atom. The third kappa shape index (κ3) is 6.56. The van der Waals surface area contributed by atoms with E-state index in [0.29, 0.717) is 18.1 Å². The summed E-state index contributed by atoms with van der Waals surface area (Å²) in [5.41, 5.74) is -0.168. The first-order valence-corrected chi connectivity index (χ1v) is 13.1. The molecule has 3 heterocycles. The van der Waals surface area contributed by atoms with Crippen LogP contribution in [0.2, 0.25) is 0 Å². The highest BCUT2D eigenvalue weighted by molar-refractivity contribution is 5.94. The van der Waals surface area contributed by atoms with Crippen LogP contribution in [0.15, 0.2) is 30.6 Å². The van der Waals surface area contributed by atoms with Crippen LogP contribution in [0.4, 0.5) is 19.5 Å². The van der Waals surface area contributed by atoms with Crippen LogP contribution in [-0.4, -0.2) is 77.3 Å². The molecule has 2 aromatic rings. The number of anilines is 1. The molecule has 0 aliphatic carbocycles. The van der Waals surface area contributed by atoms with Gasteiger partial charge in [-0.2, -0.15) is 0 Å². The second-order valence-electron chi connectivity index (χ2n) is 10.8. The van der Waals surface area contributed by atoms with E-state index in [1.807, 2.05) is 11.8 Å². The second kappa shape index (κ2) is 11.6. The number of hydrogen-bond acceptors (Lipinski definition) is 7. The van der Waals surface area contributed by atoms with Gasteiger partial charge in [0.15, 0.2) is 0 Å². The van der Waals surface area contributed by atoms with Crippen LogP contribution >= 0.6 is 0 Å². The molecule has 38 heavy (non-hydrogen) atoms. The van der Waals surface area contributed by atoms with Crippen molar-refractivity contribution in [3.8, 4) is 0 Å². The van der Waals surface area contributed by atoms with E-state index < -0.39 is 35.3 Å². The maximum atomic E-state index is 14.7. The number of ether oxygens (including phenoxy) is 1. The maximum Gasteiger partial charge on any atom is 0.407 e. The summed E-state index contributed by atoms with van der Waals surface area (Å²) in [4.78, 5) is 38.2. The number of carbonyl (C=O) groups excluding carboxylic acids is 2. The van der Waals surface area contributed by atoms with Crippen molar-refractivity contribution in [3.05, 3.63) is 53.4 Å². The van der Waals surface area contributed by atoms with Gasteiger partial charge in [-0.05, 0) is 77.4 Å². The normalized spacial score (nSPS) is 20.3. The average molecular weight is 531 g/mol. The lowest BCUT2D eigenvalue weighted by molar-refractivity contribution is 0.0504. The van der Waals surface area contributed by atoms with Crippen LogP contribution in [0.5, 0.6) is 0 Å². The molecular weight excluding hydrogens is 494 g/mol. The maximum absolute atomic E-state index is 14.7. The molecule has 0 spiro atoms. The van der Waals surface area contributed by atoms with Gasteiger partial charge in [0.05, 0.1) is 11.6 Å². The average Bonchev–Trinajstić information content (AvgIpc) is 3.28. The second-order valence-corrected chi connectivity index (χ2v) is 10.8. The van der Waals surface area contributed by atoms with Gasteiger partial charge in [0.25, 0.3) is 5.91 Å². The quantitative estimate of drug-likeness (QED) is 0.590. The summed E-state index contributed by atoms with van der Waals surface area (Å²) in [6.45, 7) is 10.1. The van der Waals surface area contributed by atoms with Crippen molar-refractivity contribution in [2.75, 3.05) is 37.6 Å². The zero-order chi connectivity index (χ0) is 27.4. The molecule has 9 nitrogen and oxygen atoms in total. The molecule has 11 heteroatoms. The lowest BCUT2D eigenvalue weighted by atomic mass is 9.94. The lowest BCUT2D eigenvalue weighted by Crippen LogP contribution is -2.46. The molecule has 4 rings (SSSR count). The van der Waals surface area contributed by atoms with Crippen LogP contribution in [0.3, 0.4) is 0 Å². The summed E-state index contributed by atoms with van der Waals surface area (Å²) in [6.07, 6.45) is 4.15. The standard InChI is InChI=1S/C27H36F2N6O3/c1-5-35(19-8-10-30-11-9-19)24(36)17-13-31-25(32-14-17)34-15-21(20-12-18(28)6-7-22(20)29)23(16-34)33-26(37)38-27(2,3)4/h6-7,12-14,19,21,23,30H,5,8-11,15-16H2,1-4H3,(H,33,37). The van der Waals surface area contributed by atoms with Crippen LogP contribution < -0.4 is 15.5 Å². The number of alkyl carbamates (subject to hydrolysis) is 1. The molecule has 1 aromatic carbocycles. The zero-order valence-electron chi connectivity index (χ0n) is 22.3. The van der Waals surface area contributed by atoms with Crippen molar-refractivity contribution in [3.63, 3.8) is 0 Å². The summed E-state index contributed by atoms with van der Waals surface area (Å²) in [5.74, 6) is -1.48. The van der Waals surface area contributed by atoms with E-state index in [9.17, 15) is 18.4 Å². The summed E-state index contributed by atoms with van der Waals surface area (Å²) in [7, 11) is 0. The Kier molecular flexibility index (Phi) is 8.44. The number of benzene rings is 1. The Labute approximate surface area is 222 Å². The van der Waals surface area contributed by atoms with E-state index in [0.717, 1.165) is 44.1 Å². The Morgan fingerprint density at radius 1 is 1.16 bits per heavy atom. The van der Waals surface area contributed by atoms with Gasteiger partial charge in [-0.1, -0.05) is 0 Å². The predicted octanol–water partition coefficient (Wildman–Crippen LogP) is 3.47. The van der Waals surface area contributed by atoms with Crippen molar-refractivity contribution in [2.45, 2.75) is 64.1 Å². The van der Waals surface area contributed by atoms with Gasteiger partial charge in [0.1, 0.15) is 17.2 Å². The third-order valence-electron chi connectivity index (χ3n) is 6.90. The smallest absolute Gasteiger partial charge is 0.407 e. The molecule has 2 N–H and O–H groups in total. The van der Waals surface area contributed by atoms with E-state index >= 15 is 0 Å². The van der Waals surface area contributed by atoms with E-state index in [-0.39, 0.29) is 30.6 Å². The molecule has 2 atom stereocenters. The first-order chi connectivity index (χ1) is 18.1. The van der Waals surface area contributed by atoms with Crippen molar-refractivity contribution >= 4 is 17.9 Å². The molecule has 0 bridgehead atoms. The molecule has 2 aliphatic heterocycles. The van der Waals surface area contributed by atoms with E-state index in [2.05, 4.69) is 20.6 Å². The Hall–Kier alpha value is -3.34. The number of carbonyl (C=O) groups is 2. The minimum Gasteiger partial charge on any atom is -0.444 e. The van der Waals surface area contributed by atoms with Crippen LogP contribution in [0.1, 0.15) is 62.4 Å². The van der Waals surface area contributed by atoms with Crippen LogP contribution in [0.25, 0.3) is 0 Å². The monoisotopic (exact) mass is 530 g/mol. The summed E-state index contributed by atoms with van der Waals surface area (Å²) >= 11 is 0. The number of hydrogen-bond donors (Lipinski definition) is 2. The zero-order valence-corrected chi connectivity index (χ0v) is 22.3. The molecule has 2 saturated heterocycles. The topological polar surface area (TPSA) is 99.7 Å². The Balaban J connectivity index is 1.53. The van der Waals surface area contributed by atoms with Gasteiger partial charge in [-0.15, -0.1) is 0 Å². The van der Waals surface area contributed by atoms with Gasteiger partial charge in [-0.25, -0.2) is 23.5 Å². The first kappa shape index (κ1) is 27.7. The molecule has 2 fully saturated rings. The summed E-state index contributed by atoms with van der Waals surface area (Å²) in [5, 5.41) is 6.12. The van der Waals surface area contributed by atoms with Gasteiger partial charge < -0.3 is 25.2 Å². The number of aromatic nitrogens is 2. The predicted molar refractivity (Wildman–Crippen MR) is 139 cm³/mol. The van der Waals surface area contributed by atoms with E-state index in [4.69, 9.17) is 4.74 Å². The van der Waals surface area contributed by atoms with E-state index in [1.54, 1.807) is 25.7 Å². The molecule has 0 radical (unpaired) electrons. The third-order valence-corrected chi connectivity index (χ3v) is 6.90. The molecule has 2 unspecified atom stereocenters. The number of amides is 2. The molecule has 2 amide bonds. The van der Waals surface area contributed by atoms with Crippen molar-refractivity contribution in [1.82, 2.24) is 25.5 Å². The fourth-order valence-corrected chi connectivity index (χ4v) is 5.13. The number of nitrogens with one attached hydrogen (secondary N) is 2. The Bertz CT molecular complexity index is 1130. The molecular formula is C27H36F2N6O3. The number of nitrogens with zero attached hydrogens (tertiary/aromatic N) is 4. The fourth-order valence-electron chi connectivity index (χ4n) is 5.13. The van der Waals surface area contributed by atoms with Gasteiger partial charge in [-0.3, -0.25) is 4.79 Å². The SMILES string of the molecule is CCN(C(=O)c1cnc(N2CC(NC(=O)OC(C)(C)C)C(c3cc(F)ccc3F)C2)nc1)C1CCNCC1. The number of piperidine rings is 1. The van der Waals surface area contributed by atoms with Crippen molar-refractivity contribution in [2.24, 2.45) is 0 Å². The van der Waals surface area contributed by atoms with Crippen molar-refractivity contribution in [1.29, 1.82) is 0 Å². The Morgan fingerprint density at radius 3 is 2.47 bits per heavy atom. The summed E-state index contributed by atoms with van der Waals surface area (Å²) in [6, 6.07) is 2.88. The first-order valence-electron chi connectivity index (χ1n) is 13.1.